The Balaban J connectivity index is 1.84. The van der Waals surface area contributed by atoms with Crippen molar-refractivity contribution in [3.05, 3.63) is 36.2 Å². The van der Waals surface area contributed by atoms with Crippen LogP contribution in [0.15, 0.2) is 30.6 Å². The monoisotopic (exact) mass is 303 g/mol. The molecule has 0 fully saturated rings. The van der Waals surface area contributed by atoms with Gasteiger partial charge < -0.3 is 10.4 Å². The molecular formula is C15H21N5O2. The van der Waals surface area contributed by atoms with Gasteiger partial charge in [-0.05, 0) is 34.0 Å². The molecule has 0 aliphatic heterocycles. The quantitative estimate of drug-likeness (QED) is 0.786. The fourth-order valence-electron chi connectivity index (χ4n) is 1.99. The zero-order valence-electron chi connectivity index (χ0n) is 12.8. The molecule has 0 spiro atoms. The van der Waals surface area contributed by atoms with E-state index in [-0.39, 0.29) is 24.8 Å². The van der Waals surface area contributed by atoms with Gasteiger partial charge in [-0.15, -0.1) is 5.10 Å². The van der Waals surface area contributed by atoms with Crippen LogP contribution in [0.25, 0.3) is 5.69 Å². The lowest BCUT2D eigenvalue weighted by molar-refractivity contribution is -0.121. The van der Waals surface area contributed by atoms with Gasteiger partial charge in [0.15, 0.2) is 0 Å². The van der Waals surface area contributed by atoms with Gasteiger partial charge >= 0.3 is 0 Å². The third-order valence-electron chi connectivity index (χ3n) is 3.72. The third-order valence-corrected chi connectivity index (χ3v) is 3.72. The zero-order valence-corrected chi connectivity index (χ0v) is 12.8. The van der Waals surface area contributed by atoms with E-state index in [4.69, 9.17) is 0 Å². The lowest BCUT2D eigenvalue weighted by atomic mass is 10.0. The van der Waals surface area contributed by atoms with Gasteiger partial charge in [-0.1, -0.05) is 32.4 Å². The van der Waals surface area contributed by atoms with E-state index in [1.807, 2.05) is 38.1 Å². The number of tetrazole rings is 1. The average molecular weight is 303 g/mol. The van der Waals surface area contributed by atoms with Crippen molar-refractivity contribution in [2.45, 2.75) is 32.8 Å². The molecule has 2 unspecified atom stereocenters. The third kappa shape index (κ3) is 4.36. The molecule has 1 aromatic carbocycles. The van der Waals surface area contributed by atoms with E-state index in [1.54, 1.807) is 4.68 Å². The van der Waals surface area contributed by atoms with Gasteiger partial charge in [0.05, 0.1) is 18.2 Å². The van der Waals surface area contributed by atoms with Crippen molar-refractivity contribution in [1.29, 1.82) is 0 Å². The molecule has 22 heavy (non-hydrogen) atoms. The predicted octanol–water partition coefficient (Wildman–Crippen LogP) is 0.728. The summed E-state index contributed by atoms with van der Waals surface area (Å²) in [4.78, 5) is 11.9. The molecule has 0 radical (unpaired) electrons. The number of rotatable bonds is 7. The minimum absolute atomic E-state index is 0.0995. The van der Waals surface area contributed by atoms with Crippen LogP contribution in [-0.2, 0) is 11.2 Å². The second-order valence-corrected chi connectivity index (χ2v) is 5.35. The maximum absolute atomic E-state index is 11.9. The number of aliphatic hydroxyl groups excluding tert-OH is 1. The summed E-state index contributed by atoms with van der Waals surface area (Å²) in [5.41, 5.74) is 1.73. The van der Waals surface area contributed by atoms with Crippen molar-refractivity contribution in [2.24, 2.45) is 5.92 Å². The Morgan fingerprint density at radius 1 is 1.36 bits per heavy atom. The highest BCUT2D eigenvalue weighted by Gasteiger charge is 2.13. The average Bonchev–Trinajstić information content (AvgIpc) is 3.07. The molecule has 118 valence electrons. The van der Waals surface area contributed by atoms with Gasteiger partial charge in [0.25, 0.3) is 0 Å². The number of aliphatic hydroxyl groups is 1. The number of amides is 1. The number of carbonyl (C=O) groups excluding carboxylic acids is 1. The lowest BCUT2D eigenvalue weighted by Gasteiger charge is -2.17. The summed E-state index contributed by atoms with van der Waals surface area (Å²) in [5.74, 6) is 0.0772. The van der Waals surface area contributed by atoms with Crippen molar-refractivity contribution >= 4 is 5.91 Å². The molecule has 0 aliphatic carbocycles. The zero-order chi connectivity index (χ0) is 15.9. The summed E-state index contributed by atoms with van der Waals surface area (Å²) in [6.45, 7) is 4.27. The Kier molecular flexibility index (Phi) is 5.60. The highest BCUT2D eigenvalue weighted by atomic mass is 16.3. The lowest BCUT2D eigenvalue weighted by Crippen LogP contribution is -2.36. The summed E-state index contributed by atoms with van der Waals surface area (Å²) in [5, 5.41) is 23.6. The standard InChI is InChI=1S/C15H21N5O2/c1-3-11(2)14(21)9-16-15(22)8-12-4-6-13(7-5-12)20-10-17-18-19-20/h4-7,10-11,14,21H,3,8-9H2,1-2H3,(H,16,22). The van der Waals surface area contributed by atoms with Crippen molar-refractivity contribution < 1.29 is 9.90 Å². The molecule has 0 aliphatic rings. The minimum atomic E-state index is -0.504. The Morgan fingerprint density at radius 2 is 2.09 bits per heavy atom. The minimum Gasteiger partial charge on any atom is -0.391 e. The molecule has 1 amide bonds. The SMILES string of the molecule is CCC(C)C(O)CNC(=O)Cc1ccc(-n2cnnn2)cc1. The highest BCUT2D eigenvalue weighted by Crippen LogP contribution is 2.09. The van der Waals surface area contributed by atoms with E-state index < -0.39 is 6.10 Å². The number of hydrogen-bond donors (Lipinski definition) is 2. The molecule has 7 heteroatoms. The first-order chi connectivity index (χ1) is 10.6. The van der Waals surface area contributed by atoms with E-state index in [2.05, 4.69) is 20.8 Å². The molecule has 7 nitrogen and oxygen atoms in total. The molecule has 1 heterocycles. The number of benzene rings is 1. The fraction of sp³-hybridized carbons (Fsp3) is 0.467. The summed E-state index contributed by atoms with van der Waals surface area (Å²) in [6.07, 6.45) is 2.17. The van der Waals surface area contributed by atoms with Crippen molar-refractivity contribution in [3.63, 3.8) is 0 Å². The second kappa shape index (κ2) is 7.65. The summed E-state index contributed by atoms with van der Waals surface area (Å²) < 4.78 is 1.55. The van der Waals surface area contributed by atoms with Crippen molar-refractivity contribution in [3.8, 4) is 5.69 Å². The Labute approximate surface area is 129 Å². The number of nitrogens with zero attached hydrogens (tertiary/aromatic N) is 4. The Morgan fingerprint density at radius 3 is 2.68 bits per heavy atom. The predicted molar refractivity (Wildman–Crippen MR) is 81.3 cm³/mol. The van der Waals surface area contributed by atoms with Gasteiger partial charge in [-0.25, -0.2) is 4.68 Å². The van der Waals surface area contributed by atoms with Gasteiger partial charge in [0.1, 0.15) is 6.33 Å². The van der Waals surface area contributed by atoms with Gasteiger partial charge in [0, 0.05) is 6.54 Å². The van der Waals surface area contributed by atoms with E-state index in [0.717, 1.165) is 17.7 Å². The molecule has 2 rings (SSSR count). The van der Waals surface area contributed by atoms with Crippen LogP contribution >= 0.6 is 0 Å². The summed E-state index contributed by atoms with van der Waals surface area (Å²) in [6, 6.07) is 7.43. The van der Waals surface area contributed by atoms with Crippen LogP contribution < -0.4 is 5.32 Å². The fourth-order valence-corrected chi connectivity index (χ4v) is 1.99. The number of hydrogen-bond acceptors (Lipinski definition) is 5. The van der Waals surface area contributed by atoms with Crippen LogP contribution in [-0.4, -0.2) is 43.9 Å². The van der Waals surface area contributed by atoms with E-state index in [0.29, 0.717) is 0 Å². The second-order valence-electron chi connectivity index (χ2n) is 5.35. The van der Waals surface area contributed by atoms with E-state index in [1.165, 1.54) is 6.33 Å². The van der Waals surface area contributed by atoms with Crippen LogP contribution in [0.5, 0.6) is 0 Å². The summed E-state index contributed by atoms with van der Waals surface area (Å²) in [7, 11) is 0. The van der Waals surface area contributed by atoms with E-state index >= 15 is 0 Å². The summed E-state index contributed by atoms with van der Waals surface area (Å²) >= 11 is 0. The van der Waals surface area contributed by atoms with Crippen LogP contribution in [0.4, 0.5) is 0 Å². The van der Waals surface area contributed by atoms with Crippen LogP contribution in [0.1, 0.15) is 25.8 Å². The number of nitrogens with one attached hydrogen (secondary N) is 1. The normalized spacial score (nSPS) is 13.6. The first-order valence-corrected chi connectivity index (χ1v) is 7.37. The smallest absolute Gasteiger partial charge is 0.224 e. The molecule has 2 atom stereocenters. The van der Waals surface area contributed by atoms with Gasteiger partial charge in [0.2, 0.25) is 5.91 Å². The maximum atomic E-state index is 11.9. The molecule has 0 bridgehead atoms. The molecular weight excluding hydrogens is 282 g/mol. The molecule has 1 aromatic heterocycles. The van der Waals surface area contributed by atoms with Gasteiger partial charge in [-0.3, -0.25) is 4.79 Å². The maximum Gasteiger partial charge on any atom is 0.224 e. The van der Waals surface area contributed by atoms with Crippen LogP contribution in [0.2, 0.25) is 0 Å². The molecule has 2 aromatic rings. The van der Waals surface area contributed by atoms with Crippen molar-refractivity contribution in [1.82, 2.24) is 25.5 Å². The number of aromatic nitrogens is 4. The van der Waals surface area contributed by atoms with Crippen LogP contribution in [0.3, 0.4) is 0 Å². The molecule has 2 N–H and O–H groups in total. The highest BCUT2D eigenvalue weighted by molar-refractivity contribution is 5.78. The van der Waals surface area contributed by atoms with Gasteiger partial charge in [-0.2, -0.15) is 0 Å². The molecule has 0 saturated carbocycles. The number of carbonyl (C=O) groups is 1. The first kappa shape index (κ1) is 16.1. The Hall–Kier alpha value is -2.28. The van der Waals surface area contributed by atoms with E-state index in [9.17, 15) is 9.90 Å². The topological polar surface area (TPSA) is 92.9 Å². The van der Waals surface area contributed by atoms with Crippen molar-refractivity contribution in [2.75, 3.05) is 6.54 Å². The largest absolute Gasteiger partial charge is 0.391 e. The Bertz CT molecular complexity index is 582. The first-order valence-electron chi connectivity index (χ1n) is 7.37. The van der Waals surface area contributed by atoms with Crippen LogP contribution in [0, 0.1) is 5.92 Å². The molecule has 0 saturated heterocycles.